The van der Waals surface area contributed by atoms with Crippen molar-refractivity contribution in [1.29, 1.82) is 0 Å². The minimum absolute atomic E-state index is 0.0981. The van der Waals surface area contributed by atoms with Crippen LogP contribution >= 0.6 is 11.8 Å². The summed E-state index contributed by atoms with van der Waals surface area (Å²) in [5.74, 6) is 1.92. The van der Waals surface area contributed by atoms with Crippen LogP contribution in [0.25, 0.3) is 10.9 Å². The van der Waals surface area contributed by atoms with Crippen LogP contribution in [-0.2, 0) is 4.79 Å². The topological polar surface area (TPSA) is 69.3 Å². The molecule has 2 fully saturated rings. The first-order valence-electron chi connectivity index (χ1n) is 8.36. The van der Waals surface area contributed by atoms with Crippen LogP contribution < -0.4 is 0 Å². The average Bonchev–Trinajstić information content (AvgIpc) is 3.28. The summed E-state index contributed by atoms with van der Waals surface area (Å²) in [4.78, 5) is 29.5. The second kappa shape index (κ2) is 6.47. The van der Waals surface area contributed by atoms with E-state index >= 15 is 0 Å². The molecule has 3 heterocycles. The van der Waals surface area contributed by atoms with Gasteiger partial charge in [0.25, 0.3) is 5.91 Å². The second-order valence-electron chi connectivity index (χ2n) is 6.21. The number of aromatic amines is 1. The Labute approximate surface area is 144 Å². The predicted molar refractivity (Wildman–Crippen MR) is 94.1 cm³/mol. The first-order valence-corrected chi connectivity index (χ1v) is 9.52. The molecule has 1 aromatic heterocycles. The Hall–Kier alpha value is -2.02. The van der Waals surface area contributed by atoms with E-state index in [0.29, 0.717) is 12.2 Å². The second-order valence-corrected chi connectivity index (χ2v) is 7.44. The van der Waals surface area contributed by atoms with E-state index in [0.717, 1.165) is 48.3 Å². The van der Waals surface area contributed by atoms with E-state index in [1.165, 1.54) is 0 Å². The summed E-state index contributed by atoms with van der Waals surface area (Å²) < 4.78 is 0. The van der Waals surface area contributed by atoms with Gasteiger partial charge in [0, 0.05) is 36.5 Å². The van der Waals surface area contributed by atoms with E-state index in [-0.39, 0.29) is 17.9 Å². The van der Waals surface area contributed by atoms with Crippen molar-refractivity contribution in [3.8, 4) is 0 Å². The van der Waals surface area contributed by atoms with Gasteiger partial charge in [-0.25, -0.2) is 0 Å². The molecule has 2 saturated heterocycles. The highest BCUT2D eigenvalue weighted by Gasteiger charge is 2.38. The fraction of sp³-hybridized carbons (Fsp3) is 0.471. The molecular formula is C17H20N4O2S. The van der Waals surface area contributed by atoms with Crippen molar-refractivity contribution >= 4 is 34.5 Å². The number of hydrogen-bond donors (Lipinski definition) is 1. The molecule has 2 aromatic rings. The number of nitrogens with zero attached hydrogens (tertiary/aromatic N) is 3. The zero-order chi connectivity index (χ0) is 16.5. The van der Waals surface area contributed by atoms with Gasteiger partial charge in [0.05, 0.1) is 5.52 Å². The Morgan fingerprint density at radius 3 is 2.79 bits per heavy atom. The zero-order valence-electron chi connectivity index (χ0n) is 13.4. The van der Waals surface area contributed by atoms with Gasteiger partial charge in [-0.15, -0.1) is 0 Å². The number of hydrogen-bond acceptors (Lipinski definition) is 4. The molecule has 0 aliphatic carbocycles. The molecule has 2 aliphatic heterocycles. The fourth-order valence-corrected chi connectivity index (χ4v) is 4.43. The van der Waals surface area contributed by atoms with Gasteiger partial charge in [-0.05, 0) is 18.9 Å². The minimum atomic E-state index is -0.337. The van der Waals surface area contributed by atoms with Crippen molar-refractivity contribution in [3.05, 3.63) is 30.0 Å². The lowest BCUT2D eigenvalue weighted by atomic mass is 10.1. The molecule has 24 heavy (non-hydrogen) atoms. The Balaban J connectivity index is 1.58. The Morgan fingerprint density at radius 2 is 1.96 bits per heavy atom. The van der Waals surface area contributed by atoms with Gasteiger partial charge in [0.15, 0.2) is 5.69 Å². The highest BCUT2D eigenvalue weighted by molar-refractivity contribution is 7.99. The standard InChI is InChI=1S/C17H20N4O2S/c22-16(20-8-10-24-11-9-20)14-6-3-7-21(14)17(23)15-12-4-1-2-5-13(12)18-19-15/h1-2,4-5,14H,3,6-11H2,(H,18,19). The normalized spacial score (nSPS) is 21.4. The number of H-pyrrole nitrogens is 1. The van der Waals surface area contributed by atoms with Crippen LogP contribution in [-0.4, -0.2) is 69.0 Å². The largest absolute Gasteiger partial charge is 0.339 e. The number of carbonyl (C=O) groups is 2. The number of para-hydroxylation sites is 1. The van der Waals surface area contributed by atoms with E-state index in [2.05, 4.69) is 10.2 Å². The summed E-state index contributed by atoms with van der Waals surface area (Å²) in [6.45, 7) is 2.19. The maximum atomic E-state index is 13.0. The summed E-state index contributed by atoms with van der Waals surface area (Å²) >= 11 is 1.88. The van der Waals surface area contributed by atoms with E-state index < -0.39 is 0 Å². The first-order chi connectivity index (χ1) is 11.8. The molecule has 1 atom stereocenters. The third-order valence-corrected chi connectivity index (χ3v) is 5.74. The van der Waals surface area contributed by atoms with Crippen molar-refractivity contribution in [1.82, 2.24) is 20.0 Å². The monoisotopic (exact) mass is 344 g/mol. The lowest BCUT2D eigenvalue weighted by molar-refractivity contribution is -0.134. The van der Waals surface area contributed by atoms with Gasteiger partial charge < -0.3 is 9.80 Å². The Morgan fingerprint density at radius 1 is 1.17 bits per heavy atom. The molecule has 2 aliphatic rings. The van der Waals surface area contributed by atoms with Crippen LogP contribution in [0, 0.1) is 0 Å². The molecule has 0 saturated carbocycles. The van der Waals surface area contributed by atoms with E-state index in [9.17, 15) is 9.59 Å². The molecule has 0 spiro atoms. The van der Waals surface area contributed by atoms with Gasteiger partial charge in [0.1, 0.15) is 6.04 Å². The van der Waals surface area contributed by atoms with Gasteiger partial charge in [-0.3, -0.25) is 14.7 Å². The van der Waals surface area contributed by atoms with Gasteiger partial charge >= 0.3 is 0 Å². The van der Waals surface area contributed by atoms with Crippen molar-refractivity contribution < 1.29 is 9.59 Å². The van der Waals surface area contributed by atoms with E-state index in [1.807, 2.05) is 40.9 Å². The quantitative estimate of drug-likeness (QED) is 0.901. The lowest BCUT2D eigenvalue weighted by Gasteiger charge is -2.32. The number of amides is 2. The van der Waals surface area contributed by atoms with E-state index in [4.69, 9.17) is 0 Å². The van der Waals surface area contributed by atoms with E-state index in [1.54, 1.807) is 4.90 Å². The number of likely N-dealkylation sites (tertiary alicyclic amines) is 1. The number of rotatable bonds is 2. The number of fused-ring (bicyclic) bond motifs is 1. The summed E-state index contributed by atoms with van der Waals surface area (Å²) in [6.07, 6.45) is 1.61. The summed E-state index contributed by atoms with van der Waals surface area (Å²) in [6, 6.07) is 7.26. The average molecular weight is 344 g/mol. The van der Waals surface area contributed by atoms with Crippen LogP contribution in [0.2, 0.25) is 0 Å². The van der Waals surface area contributed by atoms with Crippen molar-refractivity contribution in [2.75, 3.05) is 31.1 Å². The van der Waals surface area contributed by atoms with Gasteiger partial charge in [-0.1, -0.05) is 18.2 Å². The Kier molecular flexibility index (Phi) is 4.18. The first kappa shape index (κ1) is 15.5. The lowest BCUT2D eigenvalue weighted by Crippen LogP contribution is -2.50. The van der Waals surface area contributed by atoms with Crippen LogP contribution in [0.15, 0.2) is 24.3 Å². The summed E-state index contributed by atoms with van der Waals surface area (Å²) in [7, 11) is 0. The Bertz CT molecular complexity index is 769. The number of benzene rings is 1. The number of carbonyl (C=O) groups excluding carboxylic acids is 2. The molecule has 0 bridgehead atoms. The van der Waals surface area contributed by atoms with Gasteiger partial charge in [-0.2, -0.15) is 16.9 Å². The minimum Gasteiger partial charge on any atom is -0.339 e. The zero-order valence-corrected chi connectivity index (χ0v) is 14.2. The fourth-order valence-electron chi connectivity index (χ4n) is 3.52. The maximum Gasteiger partial charge on any atom is 0.275 e. The SMILES string of the molecule is O=C(C1CCCN1C(=O)c1n[nH]c2ccccc12)N1CCSCC1. The molecule has 1 unspecified atom stereocenters. The molecular weight excluding hydrogens is 324 g/mol. The highest BCUT2D eigenvalue weighted by Crippen LogP contribution is 2.25. The molecule has 0 radical (unpaired) electrons. The van der Waals surface area contributed by atoms with Crippen LogP contribution in [0.1, 0.15) is 23.3 Å². The molecule has 4 rings (SSSR count). The molecule has 126 valence electrons. The number of thioether (sulfide) groups is 1. The van der Waals surface area contributed by atoms with Crippen molar-refractivity contribution in [3.63, 3.8) is 0 Å². The van der Waals surface area contributed by atoms with Crippen molar-refractivity contribution in [2.45, 2.75) is 18.9 Å². The molecule has 6 nitrogen and oxygen atoms in total. The summed E-state index contributed by atoms with van der Waals surface area (Å²) in [5.41, 5.74) is 1.26. The van der Waals surface area contributed by atoms with Gasteiger partial charge in [0.2, 0.25) is 5.91 Å². The highest BCUT2D eigenvalue weighted by atomic mass is 32.2. The predicted octanol–water partition coefficient (Wildman–Crippen LogP) is 1.74. The molecule has 7 heteroatoms. The molecule has 2 amide bonds. The molecule has 1 aromatic carbocycles. The number of nitrogens with one attached hydrogen (secondary N) is 1. The summed E-state index contributed by atoms with van der Waals surface area (Å²) in [5, 5.41) is 7.92. The van der Waals surface area contributed by atoms with Crippen molar-refractivity contribution in [2.24, 2.45) is 0 Å². The smallest absolute Gasteiger partial charge is 0.275 e. The van der Waals surface area contributed by atoms with Crippen LogP contribution in [0.3, 0.4) is 0 Å². The molecule has 1 N–H and O–H groups in total. The van der Waals surface area contributed by atoms with Crippen LogP contribution in [0.4, 0.5) is 0 Å². The third-order valence-electron chi connectivity index (χ3n) is 4.79. The maximum absolute atomic E-state index is 13.0. The third kappa shape index (κ3) is 2.66. The number of aromatic nitrogens is 2. The van der Waals surface area contributed by atoms with Crippen LogP contribution in [0.5, 0.6) is 0 Å².